The Kier molecular flexibility index (Phi) is 8.00. The van der Waals surface area contributed by atoms with Gasteiger partial charge in [0.05, 0.1) is 24.2 Å². The summed E-state index contributed by atoms with van der Waals surface area (Å²) in [6, 6.07) is 34.2. The molecule has 1 amide bonds. The maximum absolute atomic E-state index is 13.1. The van der Waals surface area contributed by atoms with E-state index in [1.807, 2.05) is 65.6 Å². The van der Waals surface area contributed by atoms with Crippen LogP contribution in [0.4, 0.5) is 5.69 Å². The largest absolute Gasteiger partial charge is 0.495 e. The van der Waals surface area contributed by atoms with Gasteiger partial charge in [0, 0.05) is 31.7 Å². The molecule has 1 saturated heterocycles. The zero-order chi connectivity index (χ0) is 28.0. The van der Waals surface area contributed by atoms with Crippen LogP contribution in [-0.2, 0) is 5.75 Å². The van der Waals surface area contributed by atoms with Gasteiger partial charge in [0.15, 0.2) is 5.76 Å². The Morgan fingerprint density at radius 1 is 0.780 bits per heavy atom. The number of piperazine rings is 1. The average Bonchev–Trinajstić information content (AvgIpc) is 3.53. The Morgan fingerprint density at radius 3 is 2.22 bits per heavy atom. The monoisotopic (exact) mass is 562 g/mol. The number of carbonyl (C=O) groups excluding carboxylic acids is 1. The molecule has 41 heavy (non-hydrogen) atoms. The third-order valence-electron chi connectivity index (χ3n) is 7.16. The third-order valence-corrected chi connectivity index (χ3v) is 8.10. The molecule has 6 rings (SSSR count). The molecule has 0 N–H and O–H groups in total. The summed E-state index contributed by atoms with van der Waals surface area (Å²) in [7, 11) is 1.68. The molecule has 2 aromatic heterocycles. The minimum Gasteiger partial charge on any atom is -0.495 e. The van der Waals surface area contributed by atoms with Crippen LogP contribution in [0.1, 0.15) is 16.3 Å². The quantitative estimate of drug-likeness (QED) is 0.196. The van der Waals surface area contributed by atoms with E-state index < -0.39 is 0 Å². The second-order valence-electron chi connectivity index (χ2n) is 9.71. The lowest BCUT2D eigenvalue weighted by Crippen LogP contribution is -2.48. The SMILES string of the molecule is COc1ccccc1N1CCN(C(=O)c2ccc(CSc3ccc(-c4ccc(-c5ccccc5)cc4)nn3)o2)CC1. The molecule has 0 saturated carbocycles. The van der Waals surface area contributed by atoms with Gasteiger partial charge in [-0.05, 0) is 47.5 Å². The fourth-order valence-corrected chi connectivity index (χ4v) is 5.64. The third kappa shape index (κ3) is 6.12. The Labute approximate surface area is 243 Å². The number of hydrogen-bond donors (Lipinski definition) is 0. The first kappa shape index (κ1) is 26.7. The van der Waals surface area contributed by atoms with E-state index in [4.69, 9.17) is 9.15 Å². The molecule has 0 bridgehead atoms. The number of rotatable bonds is 8. The van der Waals surface area contributed by atoms with Crippen LogP contribution in [0, 0.1) is 0 Å². The molecule has 206 valence electrons. The van der Waals surface area contributed by atoms with Crippen LogP contribution in [0.5, 0.6) is 5.75 Å². The summed E-state index contributed by atoms with van der Waals surface area (Å²) in [5.74, 6) is 2.43. The van der Waals surface area contributed by atoms with E-state index in [2.05, 4.69) is 51.5 Å². The second-order valence-corrected chi connectivity index (χ2v) is 10.7. The van der Waals surface area contributed by atoms with Crippen LogP contribution in [0.25, 0.3) is 22.4 Å². The normalized spacial score (nSPS) is 13.3. The highest BCUT2D eigenvalue weighted by molar-refractivity contribution is 7.98. The highest BCUT2D eigenvalue weighted by Gasteiger charge is 2.25. The molecule has 0 atom stereocenters. The van der Waals surface area contributed by atoms with Gasteiger partial charge in [-0.1, -0.05) is 78.5 Å². The Balaban J connectivity index is 1.01. The molecular weight excluding hydrogens is 532 g/mol. The Hall–Kier alpha value is -4.56. The standard InChI is InChI=1S/C33H30N4O3S/c1-39-30-10-6-5-9-29(30)36-19-21-37(22-20-36)33(38)31-17-15-27(40-31)23-41-32-18-16-28(34-35-32)26-13-11-25(12-14-26)24-7-3-2-4-8-24/h2-18H,19-23H2,1H3. The van der Waals surface area contributed by atoms with Crippen molar-refractivity contribution in [3.05, 3.63) is 115 Å². The van der Waals surface area contributed by atoms with E-state index in [0.717, 1.165) is 46.6 Å². The Bertz CT molecular complexity index is 1600. The van der Waals surface area contributed by atoms with Gasteiger partial charge in [-0.25, -0.2) is 0 Å². The lowest BCUT2D eigenvalue weighted by atomic mass is 10.0. The van der Waals surface area contributed by atoms with Gasteiger partial charge < -0.3 is 19.0 Å². The summed E-state index contributed by atoms with van der Waals surface area (Å²) in [5.41, 5.74) is 5.25. The molecule has 1 fully saturated rings. The molecule has 1 aliphatic rings. The first-order valence-electron chi connectivity index (χ1n) is 13.6. The summed E-state index contributed by atoms with van der Waals surface area (Å²) < 4.78 is 11.4. The first-order chi connectivity index (χ1) is 20.2. The maximum Gasteiger partial charge on any atom is 0.289 e. The average molecular weight is 563 g/mol. The predicted octanol–water partition coefficient (Wildman–Crippen LogP) is 6.67. The second kappa shape index (κ2) is 12.3. The molecule has 5 aromatic rings. The number of benzene rings is 3. The molecule has 3 heterocycles. The fourth-order valence-electron chi connectivity index (χ4n) is 4.93. The molecule has 7 nitrogen and oxygen atoms in total. The van der Waals surface area contributed by atoms with Gasteiger partial charge in [-0.3, -0.25) is 4.79 Å². The molecule has 0 aliphatic carbocycles. The summed E-state index contributed by atoms with van der Waals surface area (Å²) >= 11 is 1.53. The summed E-state index contributed by atoms with van der Waals surface area (Å²) in [4.78, 5) is 17.2. The van der Waals surface area contributed by atoms with Gasteiger partial charge in [0.2, 0.25) is 0 Å². The van der Waals surface area contributed by atoms with Crippen molar-refractivity contribution < 1.29 is 13.9 Å². The van der Waals surface area contributed by atoms with Crippen molar-refractivity contribution in [2.45, 2.75) is 10.8 Å². The number of aromatic nitrogens is 2. The van der Waals surface area contributed by atoms with Crippen LogP contribution in [-0.4, -0.2) is 54.3 Å². The van der Waals surface area contributed by atoms with Crippen LogP contribution in [0.15, 0.2) is 113 Å². The zero-order valence-corrected chi connectivity index (χ0v) is 23.6. The fraction of sp³-hybridized carbons (Fsp3) is 0.182. The maximum atomic E-state index is 13.1. The molecule has 0 spiro atoms. The van der Waals surface area contributed by atoms with Gasteiger partial charge in [0.1, 0.15) is 16.5 Å². The van der Waals surface area contributed by atoms with Crippen molar-refractivity contribution in [1.82, 2.24) is 15.1 Å². The topological polar surface area (TPSA) is 71.7 Å². The van der Waals surface area contributed by atoms with Gasteiger partial charge in [-0.2, -0.15) is 0 Å². The van der Waals surface area contributed by atoms with Crippen molar-refractivity contribution in [3.63, 3.8) is 0 Å². The number of carbonyl (C=O) groups is 1. The van der Waals surface area contributed by atoms with Gasteiger partial charge in [0.25, 0.3) is 5.91 Å². The van der Waals surface area contributed by atoms with E-state index in [1.54, 1.807) is 13.2 Å². The number of nitrogens with zero attached hydrogens (tertiary/aromatic N) is 4. The van der Waals surface area contributed by atoms with E-state index in [1.165, 1.54) is 22.9 Å². The number of amides is 1. The lowest BCUT2D eigenvalue weighted by molar-refractivity contribution is 0.0713. The number of thioether (sulfide) groups is 1. The number of anilines is 1. The molecule has 3 aromatic carbocycles. The number of ether oxygens (including phenoxy) is 1. The number of furan rings is 1. The highest BCUT2D eigenvalue weighted by atomic mass is 32.2. The number of hydrogen-bond acceptors (Lipinski definition) is 7. The minimum atomic E-state index is -0.0802. The van der Waals surface area contributed by atoms with E-state index >= 15 is 0 Å². The molecule has 0 radical (unpaired) electrons. The number of methoxy groups -OCH3 is 1. The van der Waals surface area contributed by atoms with E-state index in [0.29, 0.717) is 24.6 Å². The van der Waals surface area contributed by atoms with Gasteiger partial charge >= 0.3 is 0 Å². The first-order valence-corrected chi connectivity index (χ1v) is 14.5. The van der Waals surface area contributed by atoms with Crippen molar-refractivity contribution in [3.8, 4) is 28.1 Å². The zero-order valence-electron chi connectivity index (χ0n) is 22.8. The van der Waals surface area contributed by atoms with E-state index in [9.17, 15) is 4.79 Å². The van der Waals surface area contributed by atoms with Crippen molar-refractivity contribution in [2.75, 3.05) is 38.2 Å². The van der Waals surface area contributed by atoms with Crippen molar-refractivity contribution >= 4 is 23.4 Å². The molecule has 1 aliphatic heterocycles. The molecule has 8 heteroatoms. The van der Waals surface area contributed by atoms with Gasteiger partial charge in [-0.15, -0.1) is 10.2 Å². The van der Waals surface area contributed by atoms with Crippen molar-refractivity contribution in [1.29, 1.82) is 0 Å². The van der Waals surface area contributed by atoms with Crippen LogP contribution >= 0.6 is 11.8 Å². The van der Waals surface area contributed by atoms with Crippen LogP contribution in [0.3, 0.4) is 0 Å². The van der Waals surface area contributed by atoms with Crippen molar-refractivity contribution in [2.24, 2.45) is 0 Å². The highest BCUT2D eigenvalue weighted by Crippen LogP contribution is 2.29. The number of para-hydroxylation sites is 2. The summed E-state index contributed by atoms with van der Waals surface area (Å²) in [6.07, 6.45) is 0. The minimum absolute atomic E-state index is 0.0802. The van der Waals surface area contributed by atoms with Crippen LogP contribution < -0.4 is 9.64 Å². The molecular formula is C33H30N4O3S. The molecule has 0 unspecified atom stereocenters. The van der Waals surface area contributed by atoms with E-state index in [-0.39, 0.29) is 5.91 Å². The summed E-state index contributed by atoms with van der Waals surface area (Å²) in [6.45, 7) is 2.72. The van der Waals surface area contributed by atoms with Crippen LogP contribution in [0.2, 0.25) is 0 Å². The predicted molar refractivity (Wildman–Crippen MR) is 162 cm³/mol. The smallest absolute Gasteiger partial charge is 0.289 e. The summed E-state index contributed by atoms with van der Waals surface area (Å²) in [5, 5.41) is 9.61. The lowest BCUT2D eigenvalue weighted by Gasteiger charge is -2.36. The Morgan fingerprint density at radius 2 is 1.49 bits per heavy atom.